The van der Waals surface area contributed by atoms with Crippen LogP contribution in [0.25, 0.3) is 11.4 Å². The molecule has 1 aliphatic rings. The van der Waals surface area contributed by atoms with Gasteiger partial charge >= 0.3 is 0 Å². The molecule has 3 aromatic carbocycles. The molecule has 0 spiro atoms. The zero-order chi connectivity index (χ0) is 30.0. The third-order valence-corrected chi connectivity index (χ3v) is 7.10. The van der Waals surface area contributed by atoms with Gasteiger partial charge in [-0.25, -0.2) is 4.68 Å². The zero-order valence-electron chi connectivity index (χ0n) is 24.7. The highest BCUT2D eigenvalue weighted by Gasteiger charge is 2.36. The summed E-state index contributed by atoms with van der Waals surface area (Å²) < 4.78 is 24.0. The number of rotatable bonds is 9. The number of nitrogens with zero attached hydrogens (tertiary/aromatic N) is 4. The van der Waals surface area contributed by atoms with Crippen molar-refractivity contribution in [1.82, 2.24) is 14.8 Å². The first-order valence-corrected chi connectivity index (χ1v) is 13.3. The Balaban J connectivity index is 1.66. The van der Waals surface area contributed by atoms with E-state index >= 15 is 0 Å². The molecule has 5 rings (SSSR count). The fraction of sp³-hybridized carbons (Fsp3) is 0.258. The normalized spacial score (nSPS) is 14.0. The van der Waals surface area contributed by atoms with Gasteiger partial charge in [0.25, 0.3) is 5.91 Å². The molecule has 0 saturated heterocycles. The summed E-state index contributed by atoms with van der Waals surface area (Å²) in [5.74, 6) is 2.57. The van der Waals surface area contributed by atoms with Crippen LogP contribution in [0.2, 0.25) is 0 Å². The number of benzene rings is 3. The number of hydrogen-bond acceptors (Lipinski definition) is 9. The van der Waals surface area contributed by atoms with Crippen LogP contribution < -0.4 is 34.5 Å². The van der Waals surface area contributed by atoms with Crippen molar-refractivity contribution in [3.63, 3.8) is 0 Å². The number of carbonyl (C=O) groups is 1. The number of carbonyl (C=O) groups excluding carboxylic acids is 1. The Kier molecular flexibility index (Phi) is 7.92. The number of allylic oxidation sites excluding steroid dienone is 1. The molecular weight excluding hydrogens is 536 g/mol. The lowest BCUT2D eigenvalue weighted by Gasteiger charge is -2.29. The molecule has 1 atom stereocenters. The summed E-state index contributed by atoms with van der Waals surface area (Å²) in [7, 11) is 10.2. The maximum atomic E-state index is 14.0. The van der Waals surface area contributed by atoms with Crippen molar-refractivity contribution in [3.8, 4) is 34.4 Å². The van der Waals surface area contributed by atoms with Gasteiger partial charge in [-0.1, -0.05) is 12.1 Å². The number of ether oxygens (including phenoxy) is 4. The van der Waals surface area contributed by atoms with Crippen molar-refractivity contribution in [2.24, 2.45) is 0 Å². The standard InChI is InChI=1S/C31H34N6O5/c1-18-26(30(38)33-22-10-8-9-11-23(22)39-4)27(20-16-24(40-5)28(42-7)25(17-20)41-6)37-31(32-18)34-29(35-37)19-12-14-21(15-13-19)36(2)3/h8-17,27H,1-7H3,(H,33,38)(H,32,34,35). The van der Waals surface area contributed by atoms with Gasteiger partial charge in [0.05, 0.1) is 39.7 Å². The predicted octanol–water partition coefficient (Wildman–Crippen LogP) is 4.97. The van der Waals surface area contributed by atoms with Crippen molar-refractivity contribution < 1.29 is 23.7 Å². The molecule has 0 saturated carbocycles. The Hall–Kier alpha value is -5.19. The maximum absolute atomic E-state index is 14.0. The van der Waals surface area contributed by atoms with E-state index in [-0.39, 0.29) is 5.91 Å². The van der Waals surface area contributed by atoms with E-state index in [9.17, 15) is 4.79 Å². The molecule has 1 aromatic heterocycles. The van der Waals surface area contributed by atoms with Crippen LogP contribution in [0, 0.1) is 0 Å². The Labute approximate surface area is 244 Å². The molecular formula is C31H34N6O5. The van der Waals surface area contributed by atoms with E-state index in [1.54, 1.807) is 45.3 Å². The Morgan fingerprint density at radius 1 is 0.905 bits per heavy atom. The second-order valence-corrected chi connectivity index (χ2v) is 9.82. The average molecular weight is 571 g/mol. The smallest absolute Gasteiger partial charge is 0.255 e. The van der Waals surface area contributed by atoms with Gasteiger partial charge in [0.15, 0.2) is 17.3 Å². The van der Waals surface area contributed by atoms with E-state index in [1.807, 2.05) is 74.4 Å². The number of hydrogen-bond donors (Lipinski definition) is 2. The van der Waals surface area contributed by atoms with Crippen molar-refractivity contribution in [2.45, 2.75) is 13.0 Å². The van der Waals surface area contributed by atoms with Gasteiger partial charge in [0, 0.05) is 31.0 Å². The van der Waals surface area contributed by atoms with Crippen LogP contribution in [-0.2, 0) is 4.79 Å². The van der Waals surface area contributed by atoms with Crippen molar-refractivity contribution >= 4 is 23.2 Å². The van der Waals surface area contributed by atoms with E-state index in [0.29, 0.717) is 57.3 Å². The number of anilines is 3. The first-order chi connectivity index (χ1) is 20.3. The topological polar surface area (TPSA) is 112 Å². The lowest BCUT2D eigenvalue weighted by Crippen LogP contribution is -2.31. The number of aromatic nitrogens is 3. The van der Waals surface area contributed by atoms with E-state index in [0.717, 1.165) is 11.3 Å². The second kappa shape index (κ2) is 11.7. The average Bonchev–Trinajstić information content (AvgIpc) is 3.43. The number of para-hydroxylation sites is 2. The highest BCUT2D eigenvalue weighted by molar-refractivity contribution is 6.06. The molecule has 42 heavy (non-hydrogen) atoms. The number of nitrogens with one attached hydrogen (secondary N) is 2. The minimum absolute atomic E-state index is 0.332. The van der Waals surface area contributed by atoms with E-state index in [4.69, 9.17) is 29.0 Å². The maximum Gasteiger partial charge on any atom is 0.255 e. The summed E-state index contributed by atoms with van der Waals surface area (Å²) in [5.41, 5.74) is 4.18. The molecule has 0 bridgehead atoms. The summed E-state index contributed by atoms with van der Waals surface area (Å²) in [6.45, 7) is 1.84. The van der Waals surface area contributed by atoms with Gasteiger partial charge in [-0.05, 0) is 61.0 Å². The zero-order valence-corrected chi connectivity index (χ0v) is 24.7. The molecule has 1 amide bonds. The molecule has 1 unspecified atom stereocenters. The van der Waals surface area contributed by atoms with Crippen LogP contribution in [0.1, 0.15) is 18.5 Å². The van der Waals surface area contributed by atoms with E-state index < -0.39 is 6.04 Å². The summed E-state index contributed by atoms with van der Waals surface area (Å²) in [5, 5.41) is 11.2. The van der Waals surface area contributed by atoms with E-state index in [2.05, 4.69) is 10.6 Å². The van der Waals surface area contributed by atoms with Gasteiger partial charge in [0.1, 0.15) is 11.8 Å². The minimum Gasteiger partial charge on any atom is -0.495 e. The summed E-state index contributed by atoms with van der Waals surface area (Å²) >= 11 is 0. The van der Waals surface area contributed by atoms with Crippen LogP contribution in [0.15, 0.2) is 71.9 Å². The molecule has 0 radical (unpaired) electrons. The molecule has 1 aliphatic heterocycles. The first kappa shape index (κ1) is 28.3. The van der Waals surface area contributed by atoms with Gasteiger partial charge in [-0.15, -0.1) is 5.10 Å². The molecule has 4 aromatic rings. The molecule has 0 fully saturated rings. The van der Waals surface area contributed by atoms with Crippen LogP contribution >= 0.6 is 0 Å². The minimum atomic E-state index is -0.688. The highest BCUT2D eigenvalue weighted by atomic mass is 16.5. The molecule has 0 aliphatic carbocycles. The van der Waals surface area contributed by atoms with Gasteiger partial charge in [-0.3, -0.25) is 4.79 Å². The SMILES string of the molecule is COc1ccccc1NC(=O)C1=C(C)Nc2nc(-c3ccc(N(C)C)cc3)nn2C1c1cc(OC)c(OC)c(OC)c1. The second-order valence-electron chi connectivity index (χ2n) is 9.82. The fourth-order valence-electron chi connectivity index (χ4n) is 4.98. The molecule has 11 nitrogen and oxygen atoms in total. The fourth-order valence-corrected chi connectivity index (χ4v) is 4.98. The summed E-state index contributed by atoms with van der Waals surface area (Å²) in [6, 6.07) is 18.2. The number of amides is 1. The molecule has 2 heterocycles. The predicted molar refractivity (Wildman–Crippen MR) is 162 cm³/mol. The molecule has 218 valence electrons. The summed E-state index contributed by atoms with van der Waals surface area (Å²) in [4.78, 5) is 20.9. The Morgan fingerprint density at radius 2 is 1.55 bits per heavy atom. The molecule has 11 heteroatoms. The van der Waals surface area contributed by atoms with Gasteiger partial charge < -0.3 is 34.5 Å². The third kappa shape index (κ3) is 5.16. The lowest BCUT2D eigenvalue weighted by atomic mass is 9.94. The van der Waals surface area contributed by atoms with E-state index in [1.165, 1.54) is 0 Å². The van der Waals surface area contributed by atoms with Crippen molar-refractivity contribution in [3.05, 3.63) is 77.5 Å². The van der Waals surface area contributed by atoms with Crippen molar-refractivity contribution in [1.29, 1.82) is 0 Å². The summed E-state index contributed by atoms with van der Waals surface area (Å²) in [6.07, 6.45) is 0. The molecule has 2 N–H and O–H groups in total. The van der Waals surface area contributed by atoms with Crippen molar-refractivity contribution in [2.75, 3.05) is 58.1 Å². The van der Waals surface area contributed by atoms with Gasteiger partial charge in [0.2, 0.25) is 11.7 Å². The number of methoxy groups -OCH3 is 4. The van der Waals surface area contributed by atoms with Gasteiger partial charge in [-0.2, -0.15) is 4.98 Å². The van der Waals surface area contributed by atoms with Crippen LogP contribution in [0.4, 0.5) is 17.3 Å². The quantitative estimate of drug-likeness (QED) is 0.288. The monoisotopic (exact) mass is 570 g/mol. The third-order valence-electron chi connectivity index (χ3n) is 7.10. The Bertz CT molecular complexity index is 1620. The first-order valence-electron chi connectivity index (χ1n) is 13.3. The largest absolute Gasteiger partial charge is 0.495 e. The van der Waals surface area contributed by atoms with Crippen LogP contribution in [0.5, 0.6) is 23.0 Å². The Morgan fingerprint density at radius 3 is 2.14 bits per heavy atom. The van der Waals surface area contributed by atoms with Crippen LogP contribution in [-0.4, -0.2) is 63.2 Å². The number of fused-ring (bicyclic) bond motifs is 1. The van der Waals surface area contributed by atoms with Crippen LogP contribution in [0.3, 0.4) is 0 Å². The lowest BCUT2D eigenvalue weighted by molar-refractivity contribution is -0.113. The highest BCUT2D eigenvalue weighted by Crippen LogP contribution is 2.44.